The van der Waals surface area contributed by atoms with Crippen LogP contribution in [0.15, 0.2) is 17.5 Å². The maximum atomic E-state index is 6.36. The lowest BCUT2D eigenvalue weighted by Crippen LogP contribution is -2.41. The summed E-state index contributed by atoms with van der Waals surface area (Å²) in [5.41, 5.74) is 2.34. The number of hydrogen-bond acceptors (Lipinski definition) is 4. The van der Waals surface area contributed by atoms with E-state index in [1.54, 1.807) is 0 Å². The largest absolute Gasteiger partial charge is 0.505 e. The Balaban J connectivity index is 1.77. The molecule has 0 bridgehead atoms. The Labute approximate surface area is 210 Å². The van der Waals surface area contributed by atoms with Gasteiger partial charge in [0.05, 0.1) is 11.2 Å². The van der Waals surface area contributed by atoms with E-state index in [4.69, 9.17) is 9.31 Å². The van der Waals surface area contributed by atoms with Crippen LogP contribution in [0.2, 0.25) is 0 Å². The van der Waals surface area contributed by atoms with Crippen LogP contribution in [0.25, 0.3) is 12.2 Å². The minimum atomic E-state index is -0.303. The Morgan fingerprint density at radius 3 is 1.97 bits per heavy atom. The summed E-state index contributed by atoms with van der Waals surface area (Å²) in [5, 5.41) is 2.24. The fourth-order valence-corrected chi connectivity index (χ4v) is 6.14. The molecular weight excluding hydrogens is 443 g/mol. The van der Waals surface area contributed by atoms with Gasteiger partial charge in [-0.2, -0.15) is 0 Å². The van der Waals surface area contributed by atoms with Crippen LogP contribution in [0.5, 0.6) is 0 Å². The van der Waals surface area contributed by atoms with E-state index in [0.29, 0.717) is 0 Å². The third-order valence-electron chi connectivity index (χ3n) is 7.11. The second-order valence-corrected chi connectivity index (χ2v) is 12.5. The van der Waals surface area contributed by atoms with Gasteiger partial charge >= 0.3 is 7.12 Å². The van der Waals surface area contributed by atoms with Crippen LogP contribution in [-0.4, -0.2) is 18.3 Å². The first kappa shape index (κ1) is 26.7. The van der Waals surface area contributed by atoms with E-state index in [-0.39, 0.29) is 18.3 Å². The standard InChI is InChI=1S/C28H43BO2S2/c1-7-9-11-13-15-22-19-20-32-24(22)17-18-25-23(16-14-12-10-8-2)21-26(33-25)29-30-27(3,4)28(5,6)31-29/h17-21H,7-16H2,1-6H3. The maximum absolute atomic E-state index is 6.36. The van der Waals surface area contributed by atoms with E-state index < -0.39 is 0 Å². The van der Waals surface area contributed by atoms with Crippen LogP contribution < -0.4 is 4.78 Å². The molecule has 3 heterocycles. The molecule has 0 unspecified atom stereocenters. The number of hydrogen-bond donors (Lipinski definition) is 0. The molecule has 5 heteroatoms. The third kappa shape index (κ3) is 7.07. The number of unbranched alkanes of at least 4 members (excludes halogenated alkanes) is 6. The van der Waals surface area contributed by atoms with Crippen molar-refractivity contribution in [2.45, 2.75) is 117 Å². The molecule has 0 amide bonds. The van der Waals surface area contributed by atoms with Crippen LogP contribution in [0, 0.1) is 0 Å². The molecule has 2 aromatic heterocycles. The highest BCUT2D eigenvalue weighted by Crippen LogP contribution is 2.37. The van der Waals surface area contributed by atoms with Gasteiger partial charge in [0.25, 0.3) is 0 Å². The molecule has 0 radical (unpaired) electrons. The highest BCUT2D eigenvalue weighted by molar-refractivity contribution is 7.23. The molecule has 1 saturated heterocycles. The number of rotatable bonds is 13. The molecule has 0 saturated carbocycles. The zero-order valence-corrected chi connectivity index (χ0v) is 23.3. The molecule has 0 spiro atoms. The molecule has 0 atom stereocenters. The normalized spacial score (nSPS) is 17.5. The van der Waals surface area contributed by atoms with Gasteiger partial charge in [0, 0.05) is 14.5 Å². The molecule has 0 aromatic carbocycles. The Hall–Kier alpha value is -0.875. The summed E-state index contributed by atoms with van der Waals surface area (Å²) in [6.07, 6.45) is 17.4. The molecule has 3 rings (SSSR count). The Kier molecular flexibility index (Phi) is 9.88. The van der Waals surface area contributed by atoms with Gasteiger partial charge in [0.2, 0.25) is 0 Å². The van der Waals surface area contributed by atoms with Crippen molar-refractivity contribution in [3.63, 3.8) is 0 Å². The van der Waals surface area contributed by atoms with E-state index in [9.17, 15) is 0 Å². The van der Waals surface area contributed by atoms with Crippen molar-refractivity contribution in [1.82, 2.24) is 0 Å². The highest BCUT2D eigenvalue weighted by atomic mass is 32.1. The average molecular weight is 487 g/mol. The summed E-state index contributed by atoms with van der Waals surface area (Å²) < 4.78 is 13.9. The Morgan fingerprint density at radius 2 is 1.36 bits per heavy atom. The van der Waals surface area contributed by atoms with Gasteiger partial charge in [0.1, 0.15) is 0 Å². The monoisotopic (exact) mass is 486 g/mol. The summed E-state index contributed by atoms with van der Waals surface area (Å²) in [4.78, 5) is 2.77. The van der Waals surface area contributed by atoms with Crippen molar-refractivity contribution in [3.05, 3.63) is 38.4 Å². The summed E-state index contributed by atoms with van der Waals surface area (Å²) in [5.74, 6) is 0. The lowest BCUT2D eigenvalue weighted by atomic mass is 9.87. The lowest BCUT2D eigenvalue weighted by Gasteiger charge is -2.32. The van der Waals surface area contributed by atoms with Crippen LogP contribution in [0.3, 0.4) is 0 Å². The van der Waals surface area contributed by atoms with E-state index in [1.165, 1.54) is 83.4 Å². The predicted octanol–water partition coefficient (Wildman–Crippen LogP) is 8.52. The van der Waals surface area contributed by atoms with Crippen molar-refractivity contribution in [1.29, 1.82) is 0 Å². The van der Waals surface area contributed by atoms with Gasteiger partial charge < -0.3 is 9.31 Å². The second-order valence-electron chi connectivity index (χ2n) is 10.4. The predicted molar refractivity (Wildman–Crippen MR) is 149 cm³/mol. The third-order valence-corrected chi connectivity index (χ3v) is 9.20. The van der Waals surface area contributed by atoms with Gasteiger partial charge in [-0.1, -0.05) is 52.4 Å². The molecular formula is C28H43BO2S2. The Morgan fingerprint density at radius 1 is 0.788 bits per heavy atom. The molecule has 1 aliphatic rings. The minimum absolute atomic E-state index is 0.271. The van der Waals surface area contributed by atoms with Crippen molar-refractivity contribution < 1.29 is 9.31 Å². The molecule has 2 nitrogen and oxygen atoms in total. The van der Waals surface area contributed by atoms with Crippen LogP contribution in [0.4, 0.5) is 0 Å². The number of thiophene rings is 2. The van der Waals surface area contributed by atoms with Crippen molar-refractivity contribution in [2.24, 2.45) is 0 Å². The van der Waals surface area contributed by atoms with E-state index in [1.807, 2.05) is 22.7 Å². The summed E-state index contributed by atoms with van der Waals surface area (Å²) in [6.45, 7) is 13.1. The van der Waals surface area contributed by atoms with Gasteiger partial charge in [0.15, 0.2) is 0 Å². The molecule has 0 aliphatic carbocycles. The first-order valence-corrected chi connectivity index (χ1v) is 14.7. The topological polar surface area (TPSA) is 18.5 Å². The first-order valence-electron chi connectivity index (χ1n) is 13.0. The molecule has 0 N–H and O–H groups in total. The smallest absolute Gasteiger partial charge is 0.399 e. The summed E-state index contributed by atoms with van der Waals surface area (Å²) in [6, 6.07) is 4.66. The quantitative estimate of drug-likeness (QED) is 0.209. The van der Waals surface area contributed by atoms with Crippen molar-refractivity contribution >= 4 is 46.7 Å². The SMILES string of the molecule is CCCCCCc1ccsc1C=Cc1sc(B2OC(C)(C)C(C)(C)O2)cc1CCCCCC. The first-order chi connectivity index (χ1) is 15.8. The lowest BCUT2D eigenvalue weighted by molar-refractivity contribution is 0.00578. The van der Waals surface area contributed by atoms with Crippen molar-refractivity contribution in [3.8, 4) is 0 Å². The van der Waals surface area contributed by atoms with Crippen molar-refractivity contribution in [2.75, 3.05) is 0 Å². The Bertz CT molecular complexity index is 878. The molecule has 1 fully saturated rings. The van der Waals surface area contributed by atoms with Gasteiger partial charge in [-0.25, -0.2) is 0 Å². The zero-order chi connectivity index (χ0) is 23.9. The summed E-state index contributed by atoms with van der Waals surface area (Å²) >= 11 is 3.70. The molecule has 33 heavy (non-hydrogen) atoms. The van der Waals surface area contributed by atoms with Crippen LogP contribution in [-0.2, 0) is 22.2 Å². The zero-order valence-electron chi connectivity index (χ0n) is 21.7. The van der Waals surface area contributed by atoms with Gasteiger partial charge in [-0.05, 0) is 94.2 Å². The fourth-order valence-electron chi connectivity index (χ4n) is 4.21. The molecule has 1 aliphatic heterocycles. The average Bonchev–Trinajstić information content (AvgIpc) is 3.43. The highest BCUT2D eigenvalue weighted by Gasteiger charge is 2.52. The minimum Gasteiger partial charge on any atom is -0.399 e. The van der Waals surface area contributed by atoms with E-state index in [2.05, 4.69) is 71.2 Å². The van der Waals surface area contributed by atoms with Gasteiger partial charge in [-0.3, -0.25) is 0 Å². The fraction of sp³-hybridized carbons (Fsp3) is 0.643. The molecule has 2 aromatic rings. The van der Waals surface area contributed by atoms with E-state index >= 15 is 0 Å². The maximum Gasteiger partial charge on any atom is 0.505 e. The van der Waals surface area contributed by atoms with Gasteiger partial charge in [-0.15, -0.1) is 22.7 Å². The molecule has 182 valence electrons. The van der Waals surface area contributed by atoms with Crippen LogP contribution >= 0.6 is 22.7 Å². The summed E-state index contributed by atoms with van der Waals surface area (Å²) in [7, 11) is -0.271. The van der Waals surface area contributed by atoms with E-state index in [0.717, 1.165) is 6.42 Å². The number of aryl methyl sites for hydroxylation is 2. The van der Waals surface area contributed by atoms with Crippen LogP contribution in [0.1, 0.15) is 114 Å². The second kappa shape index (κ2) is 12.2.